The molecule has 0 radical (unpaired) electrons. The molecule has 0 amide bonds. The maximum absolute atomic E-state index is 12.2. The Labute approximate surface area is 132 Å². The third kappa shape index (κ3) is 3.59. The number of hydrogen-bond acceptors (Lipinski definition) is 4. The number of H-pyrrole nitrogens is 1. The Morgan fingerprint density at radius 3 is 2.76 bits per heavy atom. The van der Waals surface area contributed by atoms with E-state index in [0.717, 1.165) is 11.3 Å². The summed E-state index contributed by atoms with van der Waals surface area (Å²) in [6.45, 7) is 1.95. The summed E-state index contributed by atoms with van der Waals surface area (Å²) < 4.78 is 26.9. The fourth-order valence-electron chi connectivity index (χ4n) is 1.67. The summed E-state index contributed by atoms with van der Waals surface area (Å²) >= 11 is 10.8. The van der Waals surface area contributed by atoms with Crippen LogP contribution < -0.4 is 10.5 Å². The lowest BCUT2D eigenvalue weighted by molar-refractivity contribution is 0.581. The highest BCUT2D eigenvalue weighted by Gasteiger charge is 2.16. The van der Waals surface area contributed by atoms with Gasteiger partial charge in [0.05, 0.1) is 16.1 Å². The molecule has 9 heteroatoms. The van der Waals surface area contributed by atoms with E-state index in [4.69, 9.17) is 29.6 Å². The summed E-state index contributed by atoms with van der Waals surface area (Å²) in [5.41, 5.74) is 7.50. The molecule has 6 nitrogen and oxygen atoms in total. The highest BCUT2D eigenvalue weighted by atomic mass is 35.5. The number of aromatic nitrogens is 2. The quantitative estimate of drug-likeness (QED) is 0.713. The molecule has 0 fully saturated rings. The molecule has 1 aromatic carbocycles. The summed E-state index contributed by atoms with van der Waals surface area (Å²) in [5, 5.41) is 6.77. The monoisotopic (exact) mass is 344 g/mol. The minimum atomic E-state index is -3.68. The number of nitrogens with one attached hydrogen (secondary N) is 2. The topological polar surface area (TPSA) is 101 Å². The van der Waals surface area contributed by atoms with Crippen LogP contribution in [0, 0.1) is 6.92 Å². The number of thiocarbonyl (C=S) groups is 1. The molecule has 0 saturated heterocycles. The molecule has 2 aromatic rings. The largest absolute Gasteiger partial charge is 0.389 e. The average Bonchev–Trinajstić information content (AvgIpc) is 2.81. The number of aryl methyl sites for hydroxylation is 1. The van der Waals surface area contributed by atoms with Gasteiger partial charge in [0.15, 0.2) is 0 Å². The molecule has 0 aliphatic rings. The van der Waals surface area contributed by atoms with Gasteiger partial charge < -0.3 is 5.73 Å². The smallest absolute Gasteiger partial charge is 0.240 e. The van der Waals surface area contributed by atoms with E-state index in [9.17, 15) is 8.42 Å². The number of aromatic amines is 1. The summed E-state index contributed by atoms with van der Waals surface area (Å²) in [6, 6.07) is 4.22. The first-order valence-electron chi connectivity index (χ1n) is 5.89. The molecule has 2 rings (SSSR count). The Bertz CT molecular complexity index is 786. The van der Waals surface area contributed by atoms with E-state index in [1.165, 1.54) is 18.2 Å². The maximum atomic E-state index is 12.2. The first-order valence-corrected chi connectivity index (χ1v) is 8.16. The predicted octanol–water partition coefficient (Wildman–Crippen LogP) is 1.48. The van der Waals surface area contributed by atoms with Crippen LogP contribution in [0.5, 0.6) is 0 Å². The lowest BCUT2D eigenvalue weighted by atomic mass is 10.2. The third-order valence-corrected chi connectivity index (χ3v) is 4.83. The Balaban J connectivity index is 2.22. The van der Waals surface area contributed by atoms with Gasteiger partial charge in [0.2, 0.25) is 10.0 Å². The Hall–Kier alpha value is -1.48. The normalized spacial score (nSPS) is 11.5. The minimum Gasteiger partial charge on any atom is -0.389 e. The molecule has 0 unspecified atom stereocenters. The Kier molecular flexibility index (Phi) is 4.62. The van der Waals surface area contributed by atoms with Gasteiger partial charge in [0.25, 0.3) is 0 Å². The molecule has 0 aliphatic carbocycles. The maximum Gasteiger partial charge on any atom is 0.240 e. The summed E-state index contributed by atoms with van der Waals surface area (Å²) in [7, 11) is -3.68. The fourth-order valence-corrected chi connectivity index (χ4v) is 3.29. The molecule has 112 valence electrons. The van der Waals surface area contributed by atoms with Crippen molar-refractivity contribution >= 4 is 38.8 Å². The van der Waals surface area contributed by atoms with Crippen molar-refractivity contribution in [3.63, 3.8) is 0 Å². The van der Waals surface area contributed by atoms with Crippen molar-refractivity contribution in [2.45, 2.75) is 18.4 Å². The Morgan fingerprint density at radius 1 is 1.52 bits per heavy atom. The number of rotatable bonds is 5. The minimum absolute atomic E-state index is 0.0497. The number of sulfonamides is 1. The molecule has 1 aromatic heterocycles. The van der Waals surface area contributed by atoms with Gasteiger partial charge in [-0.1, -0.05) is 23.8 Å². The van der Waals surface area contributed by atoms with Crippen LogP contribution in [0.1, 0.15) is 16.8 Å². The summed E-state index contributed by atoms with van der Waals surface area (Å²) in [5.74, 6) is 0. The standard InChI is InChI=1S/C12H13ClN4O2S2/c1-7-8(5-15-17-7)6-16-21(18,19)9-2-3-10(12(14)20)11(13)4-9/h2-5,16H,6H2,1H3,(H2,14,20)(H,15,17). The van der Waals surface area contributed by atoms with E-state index in [2.05, 4.69) is 14.9 Å². The lowest BCUT2D eigenvalue weighted by Gasteiger charge is -2.08. The second-order valence-electron chi connectivity index (χ2n) is 4.35. The van der Waals surface area contributed by atoms with E-state index in [-0.39, 0.29) is 21.5 Å². The summed E-state index contributed by atoms with van der Waals surface area (Å²) in [4.78, 5) is 0.166. The van der Waals surface area contributed by atoms with Gasteiger partial charge in [-0.3, -0.25) is 5.10 Å². The van der Waals surface area contributed by atoms with Crippen LogP contribution in [0.15, 0.2) is 29.3 Å². The molecule has 0 atom stereocenters. The van der Waals surface area contributed by atoms with E-state index < -0.39 is 10.0 Å². The molecular formula is C12H13ClN4O2S2. The number of halogens is 1. The molecule has 0 saturated carbocycles. The van der Waals surface area contributed by atoms with Gasteiger partial charge in [-0.05, 0) is 25.1 Å². The number of hydrogen-bond donors (Lipinski definition) is 3. The van der Waals surface area contributed by atoms with Gasteiger partial charge in [0, 0.05) is 23.4 Å². The first kappa shape index (κ1) is 15.9. The van der Waals surface area contributed by atoms with E-state index in [1.807, 2.05) is 6.92 Å². The van der Waals surface area contributed by atoms with Gasteiger partial charge in [-0.2, -0.15) is 5.10 Å². The van der Waals surface area contributed by atoms with Crippen molar-refractivity contribution in [1.29, 1.82) is 0 Å². The van der Waals surface area contributed by atoms with E-state index >= 15 is 0 Å². The van der Waals surface area contributed by atoms with Crippen LogP contribution in [0.4, 0.5) is 0 Å². The van der Waals surface area contributed by atoms with Gasteiger partial charge in [-0.25, -0.2) is 13.1 Å². The van der Waals surface area contributed by atoms with Crippen LogP contribution >= 0.6 is 23.8 Å². The van der Waals surface area contributed by atoms with Gasteiger partial charge >= 0.3 is 0 Å². The van der Waals surface area contributed by atoms with Crippen molar-refractivity contribution in [2.75, 3.05) is 0 Å². The van der Waals surface area contributed by atoms with Crippen molar-refractivity contribution in [2.24, 2.45) is 5.73 Å². The van der Waals surface area contributed by atoms with Crippen LogP contribution in [0.2, 0.25) is 5.02 Å². The van der Waals surface area contributed by atoms with Crippen molar-refractivity contribution in [1.82, 2.24) is 14.9 Å². The zero-order valence-electron chi connectivity index (χ0n) is 11.1. The van der Waals surface area contributed by atoms with Crippen LogP contribution in [-0.4, -0.2) is 23.6 Å². The van der Waals surface area contributed by atoms with E-state index in [1.54, 1.807) is 6.20 Å². The van der Waals surface area contributed by atoms with Crippen LogP contribution in [0.3, 0.4) is 0 Å². The zero-order chi connectivity index (χ0) is 15.6. The molecule has 0 bridgehead atoms. The van der Waals surface area contributed by atoms with Gasteiger partial charge in [-0.15, -0.1) is 0 Å². The molecule has 4 N–H and O–H groups in total. The van der Waals surface area contributed by atoms with Crippen molar-refractivity contribution < 1.29 is 8.42 Å². The number of nitrogens with zero attached hydrogens (tertiary/aromatic N) is 1. The number of benzene rings is 1. The zero-order valence-corrected chi connectivity index (χ0v) is 13.4. The molecule has 0 aliphatic heterocycles. The highest BCUT2D eigenvalue weighted by molar-refractivity contribution is 7.89. The van der Waals surface area contributed by atoms with Crippen molar-refractivity contribution in [3.8, 4) is 0 Å². The molecule has 21 heavy (non-hydrogen) atoms. The van der Waals surface area contributed by atoms with Crippen LogP contribution in [0.25, 0.3) is 0 Å². The third-order valence-electron chi connectivity index (χ3n) is 2.90. The molecule has 1 heterocycles. The fraction of sp³-hybridized carbons (Fsp3) is 0.167. The number of nitrogens with two attached hydrogens (primary N) is 1. The lowest BCUT2D eigenvalue weighted by Crippen LogP contribution is -2.23. The average molecular weight is 345 g/mol. The molecule has 0 spiro atoms. The second kappa shape index (κ2) is 6.10. The second-order valence-corrected chi connectivity index (χ2v) is 6.96. The Morgan fingerprint density at radius 2 is 2.24 bits per heavy atom. The first-order chi connectivity index (χ1) is 9.81. The van der Waals surface area contributed by atoms with Gasteiger partial charge in [0.1, 0.15) is 4.99 Å². The SMILES string of the molecule is Cc1[nH]ncc1CNS(=O)(=O)c1ccc(C(N)=S)c(Cl)c1. The predicted molar refractivity (Wildman–Crippen MR) is 84.7 cm³/mol. The summed E-state index contributed by atoms with van der Waals surface area (Å²) in [6.07, 6.45) is 1.57. The molecular weight excluding hydrogens is 332 g/mol. The van der Waals surface area contributed by atoms with Crippen LogP contribution in [-0.2, 0) is 16.6 Å². The van der Waals surface area contributed by atoms with E-state index in [0.29, 0.717) is 5.56 Å². The highest BCUT2D eigenvalue weighted by Crippen LogP contribution is 2.21. The van der Waals surface area contributed by atoms with Crippen molar-refractivity contribution in [3.05, 3.63) is 46.2 Å².